The van der Waals surface area contributed by atoms with E-state index in [0.29, 0.717) is 5.41 Å². The largest absolute Gasteiger partial charge is 0.497 e. The van der Waals surface area contributed by atoms with E-state index in [1.165, 1.54) is 12.0 Å². The Kier molecular flexibility index (Phi) is 1.83. The van der Waals surface area contributed by atoms with Crippen molar-refractivity contribution < 1.29 is 4.74 Å². The molecular formula is C12H16O. The van der Waals surface area contributed by atoms with E-state index in [9.17, 15) is 0 Å². The minimum Gasteiger partial charge on any atom is -0.497 e. The van der Waals surface area contributed by atoms with Gasteiger partial charge < -0.3 is 4.74 Å². The molecule has 1 saturated carbocycles. The highest BCUT2D eigenvalue weighted by atomic mass is 16.5. The van der Waals surface area contributed by atoms with Crippen molar-refractivity contribution >= 4 is 0 Å². The molecular weight excluding hydrogens is 160 g/mol. The minimum absolute atomic E-state index is 0.411. The van der Waals surface area contributed by atoms with Crippen molar-refractivity contribution in [3.63, 3.8) is 0 Å². The highest BCUT2D eigenvalue weighted by molar-refractivity contribution is 5.37. The molecule has 0 aliphatic heterocycles. The molecule has 0 aromatic heterocycles. The van der Waals surface area contributed by atoms with Crippen LogP contribution in [-0.4, -0.2) is 7.11 Å². The fraction of sp³-hybridized carbons (Fsp3) is 0.500. The minimum atomic E-state index is 0.411. The van der Waals surface area contributed by atoms with Crippen LogP contribution in [0.2, 0.25) is 0 Å². The lowest BCUT2D eigenvalue weighted by Gasteiger charge is -2.11. The SMILES string of the molecule is COc1cccc(C2(C)CC2C)c1. The Labute approximate surface area is 79.7 Å². The second kappa shape index (κ2) is 2.76. The van der Waals surface area contributed by atoms with Crippen LogP contribution in [0.1, 0.15) is 25.8 Å². The Balaban J connectivity index is 2.31. The first-order chi connectivity index (χ1) is 6.16. The molecule has 1 nitrogen and oxygen atoms in total. The molecule has 1 heteroatoms. The van der Waals surface area contributed by atoms with Gasteiger partial charge in [-0.2, -0.15) is 0 Å². The van der Waals surface area contributed by atoms with Crippen molar-refractivity contribution in [2.75, 3.05) is 7.11 Å². The number of hydrogen-bond donors (Lipinski definition) is 0. The topological polar surface area (TPSA) is 9.23 Å². The summed E-state index contributed by atoms with van der Waals surface area (Å²) in [5.74, 6) is 1.79. The Morgan fingerprint density at radius 1 is 1.46 bits per heavy atom. The summed E-state index contributed by atoms with van der Waals surface area (Å²) >= 11 is 0. The van der Waals surface area contributed by atoms with E-state index in [4.69, 9.17) is 4.74 Å². The van der Waals surface area contributed by atoms with Gasteiger partial charge in [-0.1, -0.05) is 26.0 Å². The average Bonchev–Trinajstić information content (AvgIpc) is 2.77. The zero-order valence-corrected chi connectivity index (χ0v) is 8.50. The van der Waals surface area contributed by atoms with Gasteiger partial charge >= 0.3 is 0 Å². The van der Waals surface area contributed by atoms with Gasteiger partial charge in [0.15, 0.2) is 0 Å². The number of benzene rings is 1. The highest BCUT2D eigenvalue weighted by Crippen LogP contribution is 2.53. The van der Waals surface area contributed by atoms with Crippen LogP contribution in [0.5, 0.6) is 5.75 Å². The summed E-state index contributed by atoms with van der Waals surface area (Å²) in [6, 6.07) is 8.43. The molecule has 1 aliphatic carbocycles. The van der Waals surface area contributed by atoms with E-state index >= 15 is 0 Å². The van der Waals surface area contributed by atoms with Crippen molar-refractivity contribution in [2.24, 2.45) is 5.92 Å². The van der Waals surface area contributed by atoms with Gasteiger partial charge in [-0.15, -0.1) is 0 Å². The molecule has 0 amide bonds. The second-order valence-corrected chi connectivity index (χ2v) is 4.25. The molecule has 2 atom stereocenters. The van der Waals surface area contributed by atoms with E-state index in [-0.39, 0.29) is 0 Å². The maximum atomic E-state index is 5.21. The molecule has 2 unspecified atom stereocenters. The summed E-state index contributed by atoms with van der Waals surface area (Å²) in [6.07, 6.45) is 1.31. The number of rotatable bonds is 2. The first-order valence-corrected chi connectivity index (χ1v) is 4.81. The summed E-state index contributed by atoms with van der Waals surface area (Å²) in [6.45, 7) is 4.63. The number of methoxy groups -OCH3 is 1. The van der Waals surface area contributed by atoms with Gasteiger partial charge in [-0.25, -0.2) is 0 Å². The zero-order chi connectivity index (χ0) is 9.47. The first kappa shape index (κ1) is 8.61. The van der Waals surface area contributed by atoms with E-state index < -0.39 is 0 Å². The number of hydrogen-bond acceptors (Lipinski definition) is 1. The van der Waals surface area contributed by atoms with Crippen LogP contribution in [0, 0.1) is 5.92 Å². The van der Waals surface area contributed by atoms with E-state index in [1.54, 1.807) is 7.11 Å². The van der Waals surface area contributed by atoms with Crippen molar-refractivity contribution in [1.29, 1.82) is 0 Å². The average molecular weight is 176 g/mol. The lowest BCUT2D eigenvalue weighted by Crippen LogP contribution is -2.02. The van der Waals surface area contributed by atoms with Crippen LogP contribution in [-0.2, 0) is 5.41 Å². The molecule has 1 aromatic carbocycles. The van der Waals surface area contributed by atoms with Gasteiger partial charge in [0.25, 0.3) is 0 Å². The molecule has 1 fully saturated rings. The fourth-order valence-corrected chi connectivity index (χ4v) is 1.96. The molecule has 0 heterocycles. The summed E-state index contributed by atoms with van der Waals surface area (Å²) in [5.41, 5.74) is 1.83. The predicted molar refractivity (Wildman–Crippen MR) is 54.1 cm³/mol. The maximum Gasteiger partial charge on any atom is 0.119 e. The fourth-order valence-electron chi connectivity index (χ4n) is 1.96. The lowest BCUT2D eigenvalue weighted by atomic mass is 9.96. The Hall–Kier alpha value is -0.980. The molecule has 1 aliphatic rings. The predicted octanol–water partition coefficient (Wildman–Crippen LogP) is 2.99. The molecule has 1 aromatic rings. The van der Waals surface area contributed by atoms with Crippen LogP contribution in [0.15, 0.2) is 24.3 Å². The summed E-state index contributed by atoms with van der Waals surface area (Å²) in [4.78, 5) is 0. The van der Waals surface area contributed by atoms with E-state index in [0.717, 1.165) is 11.7 Å². The quantitative estimate of drug-likeness (QED) is 0.673. The van der Waals surface area contributed by atoms with E-state index in [2.05, 4.69) is 32.0 Å². The van der Waals surface area contributed by atoms with Crippen LogP contribution in [0.4, 0.5) is 0 Å². The Bertz CT molecular complexity index is 319. The van der Waals surface area contributed by atoms with Crippen molar-refractivity contribution in [1.82, 2.24) is 0 Å². The molecule has 0 N–H and O–H groups in total. The maximum absolute atomic E-state index is 5.21. The normalized spacial score (nSPS) is 31.5. The van der Waals surface area contributed by atoms with Crippen molar-refractivity contribution in [2.45, 2.75) is 25.7 Å². The van der Waals surface area contributed by atoms with Gasteiger partial charge in [0.2, 0.25) is 0 Å². The van der Waals surface area contributed by atoms with Crippen molar-refractivity contribution in [3.05, 3.63) is 29.8 Å². The smallest absolute Gasteiger partial charge is 0.119 e. The lowest BCUT2D eigenvalue weighted by molar-refractivity contribution is 0.413. The first-order valence-electron chi connectivity index (χ1n) is 4.81. The molecule has 0 spiro atoms. The molecule has 0 radical (unpaired) electrons. The zero-order valence-electron chi connectivity index (χ0n) is 8.50. The van der Waals surface area contributed by atoms with Gasteiger partial charge in [0.1, 0.15) is 5.75 Å². The molecule has 70 valence electrons. The van der Waals surface area contributed by atoms with Gasteiger partial charge in [-0.05, 0) is 35.4 Å². The number of ether oxygens (including phenoxy) is 1. The Morgan fingerprint density at radius 3 is 2.69 bits per heavy atom. The highest BCUT2D eigenvalue weighted by Gasteiger charge is 2.47. The van der Waals surface area contributed by atoms with Gasteiger partial charge in [0.05, 0.1) is 7.11 Å². The molecule has 13 heavy (non-hydrogen) atoms. The summed E-state index contributed by atoms with van der Waals surface area (Å²) in [7, 11) is 1.72. The van der Waals surface area contributed by atoms with Crippen molar-refractivity contribution in [3.8, 4) is 5.75 Å². The van der Waals surface area contributed by atoms with Crippen LogP contribution < -0.4 is 4.74 Å². The monoisotopic (exact) mass is 176 g/mol. The molecule has 0 saturated heterocycles. The third-order valence-corrected chi connectivity index (χ3v) is 3.39. The third kappa shape index (κ3) is 1.32. The van der Waals surface area contributed by atoms with Gasteiger partial charge in [0, 0.05) is 0 Å². The van der Waals surface area contributed by atoms with Crippen LogP contribution in [0.3, 0.4) is 0 Å². The Morgan fingerprint density at radius 2 is 2.15 bits per heavy atom. The molecule has 0 bridgehead atoms. The second-order valence-electron chi connectivity index (χ2n) is 4.25. The van der Waals surface area contributed by atoms with Gasteiger partial charge in [-0.3, -0.25) is 0 Å². The van der Waals surface area contributed by atoms with E-state index in [1.807, 2.05) is 6.07 Å². The van der Waals surface area contributed by atoms with Crippen LogP contribution >= 0.6 is 0 Å². The standard InChI is InChI=1S/C12H16O/c1-9-8-12(9,2)10-5-4-6-11(7-10)13-3/h4-7,9H,8H2,1-3H3. The third-order valence-electron chi connectivity index (χ3n) is 3.39. The summed E-state index contributed by atoms with van der Waals surface area (Å²) in [5, 5.41) is 0. The summed E-state index contributed by atoms with van der Waals surface area (Å²) < 4.78 is 5.21. The molecule has 2 rings (SSSR count). The van der Waals surface area contributed by atoms with Crippen LogP contribution in [0.25, 0.3) is 0 Å².